The van der Waals surface area contributed by atoms with Crippen molar-refractivity contribution in [2.24, 2.45) is 0 Å². The molecule has 0 bridgehead atoms. The molecule has 0 atom stereocenters. The summed E-state index contributed by atoms with van der Waals surface area (Å²) in [7, 11) is 0. The first-order valence-electron chi connectivity index (χ1n) is 6.74. The molecule has 6 nitrogen and oxygen atoms in total. The maximum atomic E-state index is 13.4. The van der Waals surface area contributed by atoms with E-state index in [0.717, 1.165) is 0 Å². The first-order valence-corrected chi connectivity index (χ1v) is 6.74. The van der Waals surface area contributed by atoms with Crippen LogP contribution < -0.4 is 10.6 Å². The average molecular weight is 307 g/mol. The molecule has 0 unspecified atom stereocenters. The first kappa shape index (κ1) is 15.8. The number of aromatic nitrogens is 1. The molecule has 0 saturated carbocycles. The highest BCUT2D eigenvalue weighted by molar-refractivity contribution is 5.89. The van der Waals surface area contributed by atoms with Crippen LogP contribution in [0.3, 0.4) is 0 Å². The molecule has 22 heavy (non-hydrogen) atoms. The zero-order valence-corrected chi connectivity index (χ0v) is 12.6. The molecule has 1 heterocycles. The number of amides is 1. The Bertz CT molecular complexity index is 636. The number of carbonyl (C=O) groups is 1. The molecule has 2 aromatic rings. The van der Waals surface area contributed by atoms with Crippen molar-refractivity contribution in [2.45, 2.75) is 32.9 Å². The van der Waals surface area contributed by atoms with E-state index in [1.54, 1.807) is 27.0 Å². The Morgan fingerprint density at radius 2 is 2.14 bits per heavy atom. The Hall–Kier alpha value is -2.57. The van der Waals surface area contributed by atoms with Crippen LogP contribution in [-0.4, -0.2) is 16.7 Å². The van der Waals surface area contributed by atoms with Gasteiger partial charge in [-0.2, -0.15) is 0 Å². The monoisotopic (exact) mass is 307 g/mol. The lowest BCUT2D eigenvalue weighted by Gasteiger charge is -2.20. The number of ether oxygens (including phenoxy) is 1. The average Bonchev–Trinajstić information content (AvgIpc) is 2.90. The third kappa shape index (κ3) is 4.76. The third-order valence-corrected chi connectivity index (χ3v) is 2.55. The fraction of sp³-hybridized carbons (Fsp3) is 0.333. The number of nitrogens with zero attached hydrogens (tertiary/aromatic N) is 1. The lowest BCUT2D eigenvalue weighted by Crippen LogP contribution is -2.27. The lowest BCUT2D eigenvalue weighted by molar-refractivity contribution is 0.0636. The molecule has 2 rings (SSSR count). The van der Waals surface area contributed by atoms with Crippen molar-refractivity contribution >= 4 is 17.5 Å². The number of carbonyl (C=O) groups excluding carboxylic acids is 1. The van der Waals surface area contributed by atoms with Crippen LogP contribution in [0.5, 0.6) is 0 Å². The SMILES string of the molecule is CC(C)(C)OC(=O)Nc1ccc(F)cc1NCc1cnco1. The Labute approximate surface area is 127 Å². The number of hydrogen-bond acceptors (Lipinski definition) is 5. The highest BCUT2D eigenvalue weighted by atomic mass is 19.1. The van der Waals surface area contributed by atoms with E-state index < -0.39 is 17.5 Å². The lowest BCUT2D eigenvalue weighted by atomic mass is 10.2. The van der Waals surface area contributed by atoms with E-state index in [9.17, 15) is 9.18 Å². The molecule has 0 aliphatic heterocycles. The zero-order valence-electron chi connectivity index (χ0n) is 12.6. The molecule has 7 heteroatoms. The van der Waals surface area contributed by atoms with Gasteiger partial charge >= 0.3 is 6.09 Å². The topological polar surface area (TPSA) is 76.4 Å². The summed E-state index contributed by atoms with van der Waals surface area (Å²) in [6.45, 7) is 5.60. The van der Waals surface area contributed by atoms with Gasteiger partial charge in [0.2, 0.25) is 0 Å². The van der Waals surface area contributed by atoms with E-state index in [4.69, 9.17) is 9.15 Å². The van der Waals surface area contributed by atoms with Crippen LogP contribution in [-0.2, 0) is 11.3 Å². The zero-order chi connectivity index (χ0) is 16.2. The number of oxazole rings is 1. The van der Waals surface area contributed by atoms with Gasteiger partial charge in [0, 0.05) is 0 Å². The molecule has 0 saturated heterocycles. The molecular weight excluding hydrogens is 289 g/mol. The Morgan fingerprint density at radius 3 is 2.77 bits per heavy atom. The Balaban J connectivity index is 2.08. The molecule has 0 aliphatic carbocycles. The molecule has 0 fully saturated rings. The van der Waals surface area contributed by atoms with Crippen LogP contribution in [0.25, 0.3) is 0 Å². The molecule has 2 N–H and O–H groups in total. The molecule has 1 aromatic carbocycles. The number of rotatable bonds is 4. The number of halogens is 1. The van der Waals surface area contributed by atoms with Crippen LogP contribution in [0, 0.1) is 5.82 Å². The van der Waals surface area contributed by atoms with Gasteiger partial charge in [0.1, 0.15) is 17.2 Å². The maximum absolute atomic E-state index is 13.4. The van der Waals surface area contributed by atoms with Gasteiger partial charge in [-0.05, 0) is 39.0 Å². The normalized spacial score (nSPS) is 11.1. The maximum Gasteiger partial charge on any atom is 0.412 e. The van der Waals surface area contributed by atoms with Gasteiger partial charge in [0.15, 0.2) is 6.39 Å². The predicted octanol–water partition coefficient (Wildman–Crippen LogP) is 3.77. The van der Waals surface area contributed by atoms with Crippen LogP contribution in [0.15, 0.2) is 35.2 Å². The van der Waals surface area contributed by atoms with Gasteiger partial charge in [-0.1, -0.05) is 0 Å². The molecule has 0 aliphatic rings. The van der Waals surface area contributed by atoms with Gasteiger partial charge in [0.05, 0.1) is 24.1 Å². The molecule has 1 aromatic heterocycles. The smallest absolute Gasteiger partial charge is 0.412 e. The van der Waals surface area contributed by atoms with Crippen molar-refractivity contribution in [3.8, 4) is 0 Å². The summed E-state index contributed by atoms with van der Waals surface area (Å²) >= 11 is 0. The Morgan fingerprint density at radius 1 is 1.36 bits per heavy atom. The van der Waals surface area contributed by atoms with E-state index >= 15 is 0 Å². The van der Waals surface area contributed by atoms with E-state index in [1.807, 2.05) is 0 Å². The van der Waals surface area contributed by atoms with Crippen LogP contribution in [0.2, 0.25) is 0 Å². The van der Waals surface area contributed by atoms with E-state index in [0.29, 0.717) is 23.7 Å². The summed E-state index contributed by atoms with van der Waals surface area (Å²) in [5, 5.41) is 5.57. The minimum atomic E-state index is -0.614. The first-order chi connectivity index (χ1) is 10.3. The van der Waals surface area contributed by atoms with E-state index in [2.05, 4.69) is 15.6 Å². The van der Waals surface area contributed by atoms with Gasteiger partial charge in [-0.15, -0.1) is 0 Å². The number of nitrogens with one attached hydrogen (secondary N) is 2. The largest absolute Gasteiger partial charge is 0.447 e. The second-order valence-corrected chi connectivity index (χ2v) is 5.64. The van der Waals surface area contributed by atoms with Crippen LogP contribution in [0.1, 0.15) is 26.5 Å². The quantitative estimate of drug-likeness (QED) is 0.899. The molecule has 118 valence electrons. The highest BCUT2D eigenvalue weighted by Crippen LogP contribution is 2.24. The minimum Gasteiger partial charge on any atom is -0.447 e. The van der Waals surface area contributed by atoms with Crippen LogP contribution in [0.4, 0.5) is 20.6 Å². The fourth-order valence-corrected chi connectivity index (χ4v) is 1.70. The summed E-state index contributed by atoms with van der Waals surface area (Å²) < 4.78 is 23.7. The van der Waals surface area contributed by atoms with Crippen molar-refractivity contribution in [2.75, 3.05) is 10.6 Å². The Kier molecular flexibility index (Phi) is 4.65. The van der Waals surface area contributed by atoms with Crippen molar-refractivity contribution < 1.29 is 18.3 Å². The van der Waals surface area contributed by atoms with Gasteiger partial charge in [-0.3, -0.25) is 5.32 Å². The summed E-state index contributed by atoms with van der Waals surface area (Å²) in [5.41, 5.74) is 0.217. The summed E-state index contributed by atoms with van der Waals surface area (Å²) in [4.78, 5) is 15.6. The van der Waals surface area contributed by atoms with Gasteiger partial charge < -0.3 is 14.5 Å². The third-order valence-electron chi connectivity index (χ3n) is 2.55. The summed E-state index contributed by atoms with van der Waals surface area (Å²) in [6.07, 6.45) is 2.25. The van der Waals surface area contributed by atoms with Crippen molar-refractivity contribution in [1.29, 1.82) is 0 Å². The number of anilines is 2. The predicted molar refractivity (Wildman–Crippen MR) is 80.1 cm³/mol. The van der Waals surface area contributed by atoms with Crippen molar-refractivity contribution in [1.82, 2.24) is 4.98 Å². The highest BCUT2D eigenvalue weighted by Gasteiger charge is 2.17. The molecular formula is C15H18FN3O3. The second kappa shape index (κ2) is 6.46. The van der Waals surface area contributed by atoms with Crippen molar-refractivity contribution in [3.05, 3.63) is 42.4 Å². The number of benzene rings is 1. The fourth-order valence-electron chi connectivity index (χ4n) is 1.70. The second-order valence-electron chi connectivity index (χ2n) is 5.64. The number of hydrogen-bond donors (Lipinski definition) is 2. The van der Waals surface area contributed by atoms with E-state index in [-0.39, 0.29) is 0 Å². The van der Waals surface area contributed by atoms with E-state index in [1.165, 1.54) is 24.6 Å². The molecule has 1 amide bonds. The standard InChI is InChI=1S/C15H18FN3O3/c1-15(2,3)22-14(20)19-12-5-4-10(16)6-13(12)18-8-11-7-17-9-21-11/h4-7,9,18H,8H2,1-3H3,(H,19,20). The summed E-state index contributed by atoms with van der Waals surface area (Å²) in [6, 6.07) is 4.00. The minimum absolute atomic E-state index is 0.312. The van der Waals surface area contributed by atoms with Crippen molar-refractivity contribution in [3.63, 3.8) is 0 Å². The van der Waals surface area contributed by atoms with Gasteiger partial charge in [-0.25, -0.2) is 14.2 Å². The molecule has 0 spiro atoms. The summed E-state index contributed by atoms with van der Waals surface area (Å²) in [5.74, 6) is 0.169. The molecule has 0 radical (unpaired) electrons. The van der Waals surface area contributed by atoms with Gasteiger partial charge in [0.25, 0.3) is 0 Å². The van der Waals surface area contributed by atoms with Crippen LogP contribution >= 0.6 is 0 Å².